The second-order valence-corrected chi connectivity index (χ2v) is 6.73. The Morgan fingerprint density at radius 1 is 1.29 bits per heavy atom. The maximum Gasteiger partial charge on any atom is 0.323 e. The number of carboxylic acids is 1. The fraction of sp³-hybridized carbons (Fsp3) is 0.917. The predicted molar refractivity (Wildman–Crippen MR) is 68.2 cm³/mol. The lowest BCUT2D eigenvalue weighted by molar-refractivity contribution is -0.144. The zero-order chi connectivity index (χ0) is 12.3. The average molecular weight is 259 g/mol. The molecule has 0 amide bonds. The van der Waals surface area contributed by atoms with Crippen LogP contribution in [0.4, 0.5) is 0 Å². The van der Waals surface area contributed by atoms with Crippen molar-refractivity contribution in [2.24, 2.45) is 5.73 Å². The van der Waals surface area contributed by atoms with Crippen molar-refractivity contribution in [1.82, 2.24) is 0 Å². The van der Waals surface area contributed by atoms with Gasteiger partial charge in [0, 0.05) is 23.7 Å². The van der Waals surface area contributed by atoms with Gasteiger partial charge in [0.15, 0.2) is 0 Å². The van der Waals surface area contributed by atoms with Crippen LogP contribution in [0.1, 0.15) is 38.5 Å². The van der Waals surface area contributed by atoms with Gasteiger partial charge in [-0.3, -0.25) is 4.79 Å². The lowest BCUT2D eigenvalue weighted by Crippen LogP contribution is -2.52. The molecule has 3 N–H and O–H groups in total. The highest BCUT2D eigenvalue weighted by Gasteiger charge is 2.40. The summed E-state index contributed by atoms with van der Waals surface area (Å²) >= 11 is 1.94. The van der Waals surface area contributed by atoms with Gasteiger partial charge in [-0.25, -0.2) is 0 Å². The van der Waals surface area contributed by atoms with Crippen LogP contribution in [0.15, 0.2) is 0 Å². The Balaban J connectivity index is 1.86. The fourth-order valence-corrected chi connectivity index (χ4v) is 4.36. The molecule has 4 nitrogen and oxygen atoms in total. The van der Waals surface area contributed by atoms with Crippen molar-refractivity contribution in [1.29, 1.82) is 0 Å². The number of ether oxygens (including phenoxy) is 1. The highest BCUT2D eigenvalue weighted by atomic mass is 32.2. The molecule has 2 atom stereocenters. The predicted octanol–water partition coefficient (Wildman–Crippen LogP) is 1.62. The van der Waals surface area contributed by atoms with E-state index in [4.69, 9.17) is 15.6 Å². The number of rotatable bonds is 3. The van der Waals surface area contributed by atoms with Gasteiger partial charge in [0.1, 0.15) is 5.54 Å². The van der Waals surface area contributed by atoms with E-state index in [9.17, 15) is 4.79 Å². The number of nitrogens with two attached hydrogens (primary N) is 1. The van der Waals surface area contributed by atoms with Gasteiger partial charge in [-0.1, -0.05) is 0 Å². The largest absolute Gasteiger partial charge is 0.480 e. The first kappa shape index (κ1) is 13.2. The van der Waals surface area contributed by atoms with Crippen LogP contribution in [0.3, 0.4) is 0 Å². The minimum absolute atomic E-state index is 0.410. The molecule has 0 radical (unpaired) electrons. The molecule has 0 aromatic heterocycles. The van der Waals surface area contributed by atoms with Gasteiger partial charge in [0.2, 0.25) is 0 Å². The molecule has 2 unspecified atom stereocenters. The molecule has 1 saturated heterocycles. The molecule has 0 aromatic carbocycles. The topological polar surface area (TPSA) is 72.6 Å². The Hall–Kier alpha value is -0.260. The van der Waals surface area contributed by atoms with Gasteiger partial charge in [-0.05, 0) is 38.5 Å². The lowest BCUT2D eigenvalue weighted by Gasteiger charge is -2.36. The van der Waals surface area contributed by atoms with Gasteiger partial charge in [0.25, 0.3) is 0 Å². The third kappa shape index (κ3) is 3.36. The van der Waals surface area contributed by atoms with Crippen molar-refractivity contribution >= 4 is 17.7 Å². The van der Waals surface area contributed by atoms with Crippen LogP contribution in [0.2, 0.25) is 0 Å². The SMILES string of the molecule is NC1(C(=O)O)CCCC(SC2CCOCC2)C1. The van der Waals surface area contributed by atoms with E-state index < -0.39 is 11.5 Å². The number of hydrogen-bond donors (Lipinski definition) is 2. The Kier molecular flexibility index (Phi) is 4.33. The van der Waals surface area contributed by atoms with Gasteiger partial charge in [-0.2, -0.15) is 11.8 Å². The summed E-state index contributed by atoms with van der Waals surface area (Å²) in [5.74, 6) is -0.838. The monoisotopic (exact) mass is 259 g/mol. The Bertz CT molecular complexity index is 281. The number of hydrogen-bond acceptors (Lipinski definition) is 4. The van der Waals surface area contributed by atoms with Crippen LogP contribution in [-0.4, -0.2) is 40.3 Å². The Morgan fingerprint density at radius 2 is 2.00 bits per heavy atom. The maximum atomic E-state index is 11.2. The summed E-state index contributed by atoms with van der Waals surface area (Å²) in [5, 5.41) is 10.2. The molecule has 2 aliphatic rings. The van der Waals surface area contributed by atoms with Crippen LogP contribution < -0.4 is 5.73 Å². The molecule has 1 heterocycles. The third-order valence-corrected chi connectivity index (χ3v) is 5.36. The molecular weight excluding hydrogens is 238 g/mol. The fourth-order valence-electron chi connectivity index (χ4n) is 2.65. The highest BCUT2D eigenvalue weighted by Crippen LogP contribution is 2.37. The quantitative estimate of drug-likeness (QED) is 0.806. The average Bonchev–Trinajstić information content (AvgIpc) is 2.30. The first-order valence-corrected chi connectivity index (χ1v) is 7.30. The van der Waals surface area contributed by atoms with E-state index in [2.05, 4.69) is 0 Å². The van der Waals surface area contributed by atoms with E-state index >= 15 is 0 Å². The highest BCUT2D eigenvalue weighted by molar-refractivity contribution is 8.00. The van der Waals surface area contributed by atoms with Crippen LogP contribution in [0, 0.1) is 0 Å². The molecule has 0 aromatic rings. The summed E-state index contributed by atoms with van der Waals surface area (Å²) < 4.78 is 5.34. The van der Waals surface area contributed by atoms with Crippen LogP contribution in [0.5, 0.6) is 0 Å². The molecular formula is C12H21NO3S. The summed E-state index contributed by atoms with van der Waals surface area (Å²) in [5.41, 5.74) is 4.97. The van der Waals surface area contributed by atoms with E-state index in [1.165, 1.54) is 0 Å². The van der Waals surface area contributed by atoms with Crippen molar-refractivity contribution in [3.05, 3.63) is 0 Å². The van der Waals surface area contributed by atoms with Gasteiger partial charge < -0.3 is 15.6 Å². The summed E-state index contributed by atoms with van der Waals surface area (Å²) in [6.07, 6.45) is 5.45. The van der Waals surface area contributed by atoms with Crippen LogP contribution in [0.25, 0.3) is 0 Å². The van der Waals surface area contributed by atoms with E-state index in [-0.39, 0.29) is 0 Å². The lowest BCUT2D eigenvalue weighted by atomic mass is 9.82. The minimum atomic E-state index is -0.985. The molecule has 1 saturated carbocycles. The molecule has 2 fully saturated rings. The molecule has 0 bridgehead atoms. The van der Waals surface area contributed by atoms with Crippen molar-refractivity contribution < 1.29 is 14.6 Å². The number of aliphatic carboxylic acids is 1. The standard InChI is InChI=1S/C12H21NO3S/c13-12(11(14)15)5-1-2-10(8-12)17-9-3-6-16-7-4-9/h9-10H,1-8,13H2,(H,14,15). The number of thioether (sulfide) groups is 1. The van der Waals surface area contributed by atoms with Gasteiger partial charge in [-0.15, -0.1) is 0 Å². The number of carboxylic acid groups (broad SMARTS) is 1. The zero-order valence-corrected chi connectivity index (χ0v) is 10.9. The van der Waals surface area contributed by atoms with E-state index in [0.29, 0.717) is 23.3 Å². The summed E-state index contributed by atoms with van der Waals surface area (Å²) in [6, 6.07) is 0. The second kappa shape index (κ2) is 5.59. The molecule has 0 spiro atoms. The molecule has 17 heavy (non-hydrogen) atoms. The Labute approximate surface area is 106 Å². The summed E-state index contributed by atoms with van der Waals surface area (Å²) in [4.78, 5) is 11.2. The molecule has 5 heteroatoms. The van der Waals surface area contributed by atoms with Crippen molar-refractivity contribution in [2.75, 3.05) is 13.2 Å². The Morgan fingerprint density at radius 3 is 2.65 bits per heavy atom. The van der Waals surface area contributed by atoms with Crippen LogP contribution in [-0.2, 0) is 9.53 Å². The second-order valence-electron chi connectivity index (χ2n) is 5.13. The van der Waals surface area contributed by atoms with E-state index in [1.54, 1.807) is 0 Å². The first-order valence-electron chi connectivity index (χ1n) is 6.36. The molecule has 1 aliphatic heterocycles. The maximum absolute atomic E-state index is 11.2. The molecule has 98 valence electrons. The van der Waals surface area contributed by atoms with E-state index in [1.807, 2.05) is 11.8 Å². The first-order chi connectivity index (χ1) is 8.10. The smallest absolute Gasteiger partial charge is 0.323 e. The van der Waals surface area contributed by atoms with Crippen molar-refractivity contribution in [2.45, 2.75) is 54.6 Å². The normalized spacial score (nSPS) is 35.7. The zero-order valence-electron chi connectivity index (χ0n) is 10.1. The summed E-state index contributed by atoms with van der Waals surface area (Å²) in [7, 11) is 0. The number of carbonyl (C=O) groups is 1. The van der Waals surface area contributed by atoms with Gasteiger partial charge in [0.05, 0.1) is 0 Å². The van der Waals surface area contributed by atoms with Crippen LogP contribution >= 0.6 is 11.8 Å². The molecule has 2 rings (SSSR count). The van der Waals surface area contributed by atoms with E-state index in [0.717, 1.165) is 38.9 Å². The molecule has 1 aliphatic carbocycles. The summed E-state index contributed by atoms with van der Waals surface area (Å²) in [6.45, 7) is 1.69. The third-order valence-electron chi connectivity index (χ3n) is 3.72. The minimum Gasteiger partial charge on any atom is -0.480 e. The van der Waals surface area contributed by atoms with Gasteiger partial charge >= 0.3 is 5.97 Å². The van der Waals surface area contributed by atoms with Crippen molar-refractivity contribution in [3.63, 3.8) is 0 Å². The van der Waals surface area contributed by atoms with Crippen molar-refractivity contribution in [3.8, 4) is 0 Å².